The fourth-order valence-electron chi connectivity index (χ4n) is 1.43. The zero-order chi connectivity index (χ0) is 10.1. The number of hydrogen-bond donors (Lipinski definition) is 1. The Bertz CT molecular complexity index is 490. The second-order valence-electron chi connectivity index (χ2n) is 3.21. The number of hydrogen-bond acceptors (Lipinski definition) is 2. The van der Waals surface area contributed by atoms with Gasteiger partial charge in [-0.15, -0.1) is 0 Å². The second kappa shape index (κ2) is 3.56. The van der Waals surface area contributed by atoms with E-state index in [-0.39, 0.29) is 21.2 Å². The molecule has 0 aliphatic heterocycles. The van der Waals surface area contributed by atoms with Crippen LogP contribution < -0.4 is 0 Å². The maximum atomic E-state index is 10.6. The summed E-state index contributed by atoms with van der Waals surface area (Å²) >= 11 is 0.149. The van der Waals surface area contributed by atoms with Crippen LogP contribution in [0.3, 0.4) is 0 Å². The Balaban J connectivity index is 2.53. The fraction of sp³-hybridized carbons (Fsp3) is 0.200. The van der Waals surface area contributed by atoms with E-state index in [0.717, 1.165) is 16.5 Å². The molecule has 0 saturated carbocycles. The van der Waals surface area contributed by atoms with Crippen LogP contribution in [-0.4, -0.2) is 29.8 Å². The molecule has 0 saturated heterocycles. The minimum atomic E-state index is -0.778. The molecule has 2 aromatic rings. The van der Waals surface area contributed by atoms with Crippen LogP contribution in [0.15, 0.2) is 18.3 Å². The van der Waals surface area contributed by atoms with E-state index in [0.29, 0.717) is 0 Å². The third-order valence-electron chi connectivity index (χ3n) is 2.15. The molecule has 1 aromatic heterocycles. The number of carboxylic acids is 1. The molecule has 0 unspecified atom stereocenters. The molecular weight excluding hydrogens is 245 g/mol. The zero-order valence-electron chi connectivity index (χ0n) is 7.65. The monoisotopic (exact) mass is 255 g/mol. The second-order valence-corrected chi connectivity index (χ2v) is 4.96. The summed E-state index contributed by atoms with van der Waals surface area (Å²) in [6.45, 7) is 1.94. The molecule has 72 valence electrons. The molecule has 0 spiro atoms. The predicted molar refractivity (Wildman–Crippen MR) is 54.8 cm³/mol. The van der Waals surface area contributed by atoms with Crippen LogP contribution in [-0.2, 0) is 11.2 Å². The summed E-state index contributed by atoms with van der Waals surface area (Å²) in [5, 5.41) is 9.86. The molecule has 4 heteroatoms. The van der Waals surface area contributed by atoms with Crippen LogP contribution in [0, 0.1) is 6.92 Å². The molecule has 1 heterocycles. The number of aromatic nitrogens is 1. The number of carbonyl (C=O) groups is 1. The van der Waals surface area contributed by atoms with E-state index in [9.17, 15) is 4.79 Å². The third kappa shape index (κ3) is 1.72. The van der Waals surface area contributed by atoms with Gasteiger partial charge >= 0.3 is 87.0 Å². The van der Waals surface area contributed by atoms with Gasteiger partial charge in [-0.2, -0.15) is 0 Å². The average Bonchev–Trinajstić information content (AvgIpc) is 2.51. The molecule has 2 rings (SSSR count). The quantitative estimate of drug-likeness (QED) is 0.820. The Hall–Kier alpha value is -1.12. The summed E-state index contributed by atoms with van der Waals surface area (Å²) in [5.74, 6) is -0.778. The van der Waals surface area contributed by atoms with Crippen molar-refractivity contribution in [2.45, 2.75) is 13.3 Å². The Morgan fingerprint density at radius 2 is 2.36 bits per heavy atom. The predicted octanol–water partition coefficient (Wildman–Crippen LogP) is 1.23. The van der Waals surface area contributed by atoms with Crippen LogP contribution >= 0.6 is 0 Å². The third-order valence-corrected chi connectivity index (χ3v) is 3.75. The number of benzene rings is 1. The van der Waals surface area contributed by atoms with Crippen molar-refractivity contribution in [3.05, 3.63) is 29.5 Å². The number of carboxylic acid groups (broad SMARTS) is 1. The van der Waals surface area contributed by atoms with Gasteiger partial charge in [-0.25, -0.2) is 0 Å². The molecular formula is C10H9NO2Se. The normalized spacial score (nSPS) is 10.6. The van der Waals surface area contributed by atoms with Crippen molar-refractivity contribution in [1.29, 1.82) is 0 Å². The van der Waals surface area contributed by atoms with E-state index in [2.05, 4.69) is 3.98 Å². The van der Waals surface area contributed by atoms with Crippen molar-refractivity contribution in [2.75, 3.05) is 0 Å². The summed E-state index contributed by atoms with van der Waals surface area (Å²) in [5.41, 5.74) is 1.94. The number of nitrogens with zero attached hydrogens (tertiary/aromatic N) is 1. The molecule has 0 radical (unpaired) electrons. The first-order valence-electron chi connectivity index (χ1n) is 4.22. The first kappa shape index (κ1) is 9.44. The molecule has 3 nitrogen and oxygen atoms in total. The topological polar surface area (TPSA) is 50.2 Å². The molecule has 0 atom stereocenters. The van der Waals surface area contributed by atoms with Crippen molar-refractivity contribution in [3.63, 3.8) is 0 Å². The summed E-state index contributed by atoms with van der Waals surface area (Å²) < 4.78 is 5.40. The van der Waals surface area contributed by atoms with Crippen LogP contribution in [0.5, 0.6) is 0 Å². The standard InChI is InChI=1S/C10H9NO2Se/c1-6-2-8-5-11-14-9(8)3-7(6)4-10(12)13/h2-3,5H,4H2,1H3,(H,12,13). The summed E-state index contributed by atoms with van der Waals surface area (Å²) in [4.78, 5) is 10.6. The van der Waals surface area contributed by atoms with E-state index in [1.807, 2.05) is 25.3 Å². The minimum absolute atomic E-state index is 0.106. The first-order valence-corrected chi connectivity index (χ1v) is 5.85. The molecule has 0 aliphatic carbocycles. The first-order chi connectivity index (χ1) is 6.66. The Labute approximate surface area is 87.4 Å². The van der Waals surface area contributed by atoms with E-state index in [1.165, 1.54) is 4.26 Å². The molecule has 1 aromatic carbocycles. The van der Waals surface area contributed by atoms with Gasteiger partial charge in [0.2, 0.25) is 0 Å². The van der Waals surface area contributed by atoms with E-state index in [4.69, 9.17) is 5.11 Å². The number of aryl methyl sites for hydroxylation is 1. The van der Waals surface area contributed by atoms with E-state index < -0.39 is 5.97 Å². The van der Waals surface area contributed by atoms with Gasteiger partial charge in [0, 0.05) is 0 Å². The van der Waals surface area contributed by atoms with Gasteiger partial charge in [-0.05, 0) is 0 Å². The number of rotatable bonds is 2. The Morgan fingerprint density at radius 3 is 3.07 bits per heavy atom. The molecule has 0 fully saturated rings. The van der Waals surface area contributed by atoms with E-state index in [1.54, 1.807) is 0 Å². The van der Waals surface area contributed by atoms with Crippen LogP contribution in [0.4, 0.5) is 0 Å². The Kier molecular flexibility index (Phi) is 2.40. The van der Waals surface area contributed by atoms with Crippen molar-refractivity contribution < 1.29 is 9.90 Å². The van der Waals surface area contributed by atoms with Gasteiger partial charge in [0.05, 0.1) is 0 Å². The van der Waals surface area contributed by atoms with Gasteiger partial charge in [0.25, 0.3) is 0 Å². The van der Waals surface area contributed by atoms with Crippen LogP contribution in [0.2, 0.25) is 0 Å². The van der Waals surface area contributed by atoms with Crippen molar-refractivity contribution in [2.24, 2.45) is 0 Å². The SMILES string of the molecule is Cc1cc2cn[se]c2cc1CC(=O)O. The molecule has 0 amide bonds. The molecule has 0 bridgehead atoms. The van der Waals surface area contributed by atoms with Crippen molar-refractivity contribution in [1.82, 2.24) is 3.98 Å². The van der Waals surface area contributed by atoms with Crippen molar-refractivity contribution >= 4 is 30.3 Å². The van der Waals surface area contributed by atoms with Crippen LogP contribution in [0.1, 0.15) is 11.1 Å². The van der Waals surface area contributed by atoms with Gasteiger partial charge < -0.3 is 0 Å². The van der Waals surface area contributed by atoms with Gasteiger partial charge in [0.15, 0.2) is 0 Å². The van der Waals surface area contributed by atoms with Crippen LogP contribution in [0.25, 0.3) is 9.65 Å². The summed E-state index contributed by atoms with van der Waals surface area (Å²) in [6.07, 6.45) is 1.97. The zero-order valence-corrected chi connectivity index (χ0v) is 9.36. The number of fused-ring (bicyclic) bond motifs is 1. The molecule has 14 heavy (non-hydrogen) atoms. The fourth-order valence-corrected chi connectivity index (χ4v) is 2.88. The van der Waals surface area contributed by atoms with Gasteiger partial charge in [-0.3, -0.25) is 0 Å². The van der Waals surface area contributed by atoms with Crippen molar-refractivity contribution in [3.8, 4) is 0 Å². The number of aliphatic carboxylic acids is 1. The maximum absolute atomic E-state index is 10.6. The summed E-state index contributed by atoms with van der Waals surface area (Å²) in [6, 6.07) is 4.00. The molecule has 0 aliphatic rings. The van der Waals surface area contributed by atoms with Gasteiger partial charge in [0.1, 0.15) is 0 Å². The average molecular weight is 254 g/mol. The van der Waals surface area contributed by atoms with E-state index >= 15 is 0 Å². The Morgan fingerprint density at radius 1 is 1.57 bits per heavy atom. The molecule has 1 N–H and O–H groups in total. The summed E-state index contributed by atoms with van der Waals surface area (Å²) in [7, 11) is 0. The van der Waals surface area contributed by atoms with Gasteiger partial charge in [-0.1, -0.05) is 0 Å².